The summed E-state index contributed by atoms with van der Waals surface area (Å²) in [4.78, 5) is 25.9. The Kier molecular flexibility index (Phi) is 5.57. The number of hydrogen-bond acceptors (Lipinski definition) is 5. The quantitative estimate of drug-likeness (QED) is 0.831. The molecular weight excluding hydrogens is 300 g/mol. The van der Waals surface area contributed by atoms with Gasteiger partial charge in [-0.3, -0.25) is 9.69 Å². The lowest BCUT2D eigenvalue weighted by Crippen LogP contribution is -2.53. The van der Waals surface area contributed by atoms with Crippen molar-refractivity contribution >= 4 is 12.0 Å². The molecule has 1 aliphatic rings. The first kappa shape index (κ1) is 17.2. The van der Waals surface area contributed by atoms with Gasteiger partial charge in [-0.1, -0.05) is 30.3 Å². The smallest absolute Gasteiger partial charge is 0.413 e. The van der Waals surface area contributed by atoms with Gasteiger partial charge in [-0.05, 0) is 19.4 Å². The van der Waals surface area contributed by atoms with Gasteiger partial charge in [0.15, 0.2) is 0 Å². The van der Waals surface area contributed by atoms with Crippen LogP contribution in [0.5, 0.6) is 0 Å². The predicted octanol–water partition coefficient (Wildman–Crippen LogP) is 1.48. The molecule has 126 valence electrons. The van der Waals surface area contributed by atoms with Crippen molar-refractivity contribution in [3.05, 3.63) is 35.9 Å². The number of amides is 2. The van der Waals surface area contributed by atoms with Gasteiger partial charge in [0.2, 0.25) is 5.91 Å². The van der Waals surface area contributed by atoms with Gasteiger partial charge >= 0.3 is 6.09 Å². The second-order valence-corrected chi connectivity index (χ2v) is 5.66. The summed E-state index contributed by atoms with van der Waals surface area (Å²) in [7, 11) is 1.47. The Bertz CT molecular complexity index is 547. The molecule has 1 N–H and O–H groups in total. The molecule has 0 aromatic heterocycles. The maximum absolute atomic E-state index is 12.4. The largest absolute Gasteiger partial charge is 0.444 e. The minimum atomic E-state index is -0.914. The molecule has 1 fully saturated rings. The highest BCUT2D eigenvalue weighted by molar-refractivity contribution is 5.86. The SMILES string of the molecule is COCNC(=O)[C@@H]1COC(C)(C)N1C(=O)OCc1ccccc1. The van der Waals surface area contributed by atoms with E-state index < -0.39 is 17.9 Å². The van der Waals surface area contributed by atoms with E-state index in [1.165, 1.54) is 12.0 Å². The van der Waals surface area contributed by atoms with Crippen LogP contribution in [-0.2, 0) is 25.6 Å². The summed E-state index contributed by atoms with van der Waals surface area (Å²) in [6.45, 7) is 3.77. The van der Waals surface area contributed by atoms with Crippen molar-refractivity contribution in [1.29, 1.82) is 0 Å². The van der Waals surface area contributed by atoms with Crippen LogP contribution in [0.1, 0.15) is 19.4 Å². The highest BCUT2D eigenvalue weighted by Crippen LogP contribution is 2.28. The van der Waals surface area contributed by atoms with Crippen molar-refractivity contribution in [2.45, 2.75) is 32.2 Å². The van der Waals surface area contributed by atoms with Gasteiger partial charge in [0.1, 0.15) is 25.1 Å². The van der Waals surface area contributed by atoms with Gasteiger partial charge in [0.25, 0.3) is 0 Å². The third-order valence-corrected chi connectivity index (χ3v) is 3.58. The van der Waals surface area contributed by atoms with Crippen LogP contribution in [0.4, 0.5) is 4.79 Å². The zero-order valence-electron chi connectivity index (χ0n) is 13.6. The van der Waals surface area contributed by atoms with Crippen LogP contribution < -0.4 is 5.32 Å². The van der Waals surface area contributed by atoms with E-state index in [0.717, 1.165) is 5.56 Å². The summed E-state index contributed by atoms with van der Waals surface area (Å²) in [5.41, 5.74) is -0.0396. The summed E-state index contributed by atoms with van der Waals surface area (Å²) in [5.74, 6) is -0.339. The molecule has 2 rings (SSSR count). The Labute approximate surface area is 135 Å². The molecule has 1 heterocycles. The van der Waals surface area contributed by atoms with Gasteiger partial charge in [-0.15, -0.1) is 0 Å². The third kappa shape index (κ3) is 4.20. The fourth-order valence-corrected chi connectivity index (χ4v) is 2.39. The summed E-state index contributed by atoms with van der Waals surface area (Å²) in [6.07, 6.45) is -0.589. The van der Waals surface area contributed by atoms with Crippen LogP contribution in [0.15, 0.2) is 30.3 Å². The average molecular weight is 322 g/mol. The standard InChI is InChI=1S/C16H22N2O5/c1-16(2)18(13(10-23-16)14(19)17-11-21-3)15(20)22-9-12-7-5-4-6-8-12/h4-8,13H,9-11H2,1-3H3,(H,17,19)/t13-/m0/s1. The van der Waals surface area contributed by atoms with Crippen molar-refractivity contribution < 1.29 is 23.8 Å². The lowest BCUT2D eigenvalue weighted by molar-refractivity contribution is -0.127. The maximum atomic E-state index is 12.4. The van der Waals surface area contributed by atoms with Crippen molar-refractivity contribution in [2.24, 2.45) is 0 Å². The second-order valence-electron chi connectivity index (χ2n) is 5.66. The summed E-state index contributed by atoms with van der Waals surface area (Å²) < 4.78 is 15.7. The lowest BCUT2D eigenvalue weighted by Gasteiger charge is -2.32. The Balaban J connectivity index is 2.03. The van der Waals surface area contributed by atoms with Crippen molar-refractivity contribution in [1.82, 2.24) is 10.2 Å². The van der Waals surface area contributed by atoms with Crippen molar-refractivity contribution in [3.63, 3.8) is 0 Å². The molecule has 1 aromatic rings. The van der Waals surface area contributed by atoms with Crippen LogP contribution in [0.2, 0.25) is 0 Å². The minimum absolute atomic E-state index is 0.0721. The van der Waals surface area contributed by atoms with Crippen LogP contribution in [0, 0.1) is 0 Å². The first-order chi connectivity index (χ1) is 11.0. The molecule has 0 spiro atoms. The molecule has 0 saturated carbocycles. The number of carbonyl (C=O) groups excluding carboxylic acids is 2. The minimum Gasteiger partial charge on any atom is -0.444 e. The zero-order valence-corrected chi connectivity index (χ0v) is 13.6. The number of nitrogens with zero attached hydrogens (tertiary/aromatic N) is 1. The zero-order chi connectivity index (χ0) is 16.9. The van der Waals surface area contributed by atoms with E-state index in [-0.39, 0.29) is 25.9 Å². The summed E-state index contributed by atoms with van der Waals surface area (Å²) in [6, 6.07) is 8.60. The highest BCUT2D eigenvalue weighted by Gasteiger charge is 2.48. The Morgan fingerprint density at radius 2 is 2.04 bits per heavy atom. The molecule has 23 heavy (non-hydrogen) atoms. The highest BCUT2D eigenvalue weighted by atomic mass is 16.6. The van der Waals surface area contributed by atoms with Gasteiger partial charge in [0.05, 0.1) is 6.61 Å². The number of carbonyl (C=O) groups is 2. The van der Waals surface area contributed by atoms with E-state index in [2.05, 4.69) is 5.32 Å². The monoisotopic (exact) mass is 322 g/mol. The Hall–Kier alpha value is -2.12. The first-order valence-electron chi connectivity index (χ1n) is 7.36. The first-order valence-corrected chi connectivity index (χ1v) is 7.36. The van der Waals surface area contributed by atoms with Crippen LogP contribution in [0.25, 0.3) is 0 Å². The summed E-state index contributed by atoms with van der Waals surface area (Å²) >= 11 is 0. The Morgan fingerprint density at radius 1 is 1.35 bits per heavy atom. The number of hydrogen-bond donors (Lipinski definition) is 1. The topological polar surface area (TPSA) is 77.1 Å². The second kappa shape index (κ2) is 7.43. The number of rotatable bonds is 5. The summed E-state index contributed by atoms with van der Waals surface area (Å²) in [5, 5.41) is 2.58. The molecule has 1 aliphatic heterocycles. The van der Waals surface area contributed by atoms with E-state index in [9.17, 15) is 9.59 Å². The number of ether oxygens (including phenoxy) is 3. The number of nitrogens with one attached hydrogen (secondary N) is 1. The Morgan fingerprint density at radius 3 is 2.70 bits per heavy atom. The molecule has 0 radical (unpaired) electrons. The molecule has 7 heteroatoms. The molecule has 7 nitrogen and oxygen atoms in total. The van der Waals surface area contributed by atoms with E-state index in [1.807, 2.05) is 30.3 Å². The predicted molar refractivity (Wildman–Crippen MR) is 82.3 cm³/mol. The van der Waals surface area contributed by atoms with E-state index in [4.69, 9.17) is 14.2 Å². The van der Waals surface area contributed by atoms with Gasteiger partial charge in [-0.2, -0.15) is 0 Å². The van der Waals surface area contributed by atoms with E-state index >= 15 is 0 Å². The lowest BCUT2D eigenvalue weighted by atomic mass is 10.2. The molecule has 2 amide bonds. The van der Waals surface area contributed by atoms with Crippen LogP contribution >= 0.6 is 0 Å². The van der Waals surface area contributed by atoms with E-state index in [1.54, 1.807) is 13.8 Å². The van der Waals surface area contributed by atoms with Gasteiger partial charge in [-0.25, -0.2) is 4.79 Å². The fraction of sp³-hybridized carbons (Fsp3) is 0.500. The van der Waals surface area contributed by atoms with Gasteiger partial charge < -0.3 is 19.5 Å². The van der Waals surface area contributed by atoms with Gasteiger partial charge in [0, 0.05) is 7.11 Å². The third-order valence-electron chi connectivity index (χ3n) is 3.58. The molecule has 0 unspecified atom stereocenters. The molecule has 0 aliphatic carbocycles. The normalized spacial score (nSPS) is 19.4. The number of benzene rings is 1. The van der Waals surface area contributed by atoms with Crippen LogP contribution in [0.3, 0.4) is 0 Å². The molecule has 1 saturated heterocycles. The maximum Gasteiger partial charge on any atom is 0.413 e. The molecule has 1 aromatic carbocycles. The molecular formula is C16H22N2O5. The fourth-order valence-electron chi connectivity index (χ4n) is 2.39. The van der Waals surface area contributed by atoms with Crippen LogP contribution in [-0.4, -0.2) is 49.1 Å². The molecule has 1 atom stereocenters. The number of methoxy groups -OCH3 is 1. The molecule has 0 bridgehead atoms. The van der Waals surface area contributed by atoms with E-state index in [0.29, 0.717) is 0 Å². The average Bonchev–Trinajstić information content (AvgIpc) is 2.86. The van der Waals surface area contributed by atoms with Crippen molar-refractivity contribution in [2.75, 3.05) is 20.4 Å². The van der Waals surface area contributed by atoms with Crippen molar-refractivity contribution in [3.8, 4) is 0 Å².